The number of ether oxygens (including phenoxy) is 1. The summed E-state index contributed by atoms with van der Waals surface area (Å²) in [6.45, 7) is 1.99. The van der Waals surface area contributed by atoms with Crippen LogP contribution < -0.4 is 10.5 Å². The van der Waals surface area contributed by atoms with Gasteiger partial charge >= 0.3 is 0 Å². The molecule has 0 heterocycles. The first-order chi connectivity index (χ1) is 8.45. The first kappa shape index (κ1) is 14.9. The predicted molar refractivity (Wildman–Crippen MR) is 72.3 cm³/mol. The molecule has 0 saturated heterocycles. The van der Waals surface area contributed by atoms with Gasteiger partial charge in [-0.25, -0.2) is 4.39 Å². The summed E-state index contributed by atoms with van der Waals surface area (Å²) in [5.41, 5.74) is 6.74. The van der Waals surface area contributed by atoms with Crippen molar-refractivity contribution in [2.24, 2.45) is 5.73 Å². The van der Waals surface area contributed by atoms with Crippen molar-refractivity contribution in [3.8, 4) is 5.75 Å². The zero-order valence-corrected chi connectivity index (χ0v) is 11.6. The molecule has 0 spiro atoms. The van der Waals surface area contributed by atoms with Gasteiger partial charge in [0, 0.05) is 12.1 Å². The van der Waals surface area contributed by atoms with Gasteiger partial charge in [-0.2, -0.15) is 0 Å². The first-order valence-corrected chi connectivity index (χ1v) is 6.21. The van der Waals surface area contributed by atoms with Crippen LogP contribution >= 0.6 is 0 Å². The summed E-state index contributed by atoms with van der Waals surface area (Å²) < 4.78 is 18.6. The molecule has 1 aromatic rings. The van der Waals surface area contributed by atoms with Crippen LogP contribution in [-0.4, -0.2) is 32.1 Å². The van der Waals surface area contributed by atoms with Crippen molar-refractivity contribution in [3.05, 3.63) is 29.6 Å². The molecule has 3 nitrogen and oxygen atoms in total. The molecule has 2 unspecified atom stereocenters. The molecule has 18 heavy (non-hydrogen) atoms. The lowest BCUT2D eigenvalue weighted by atomic mass is 9.99. The van der Waals surface area contributed by atoms with E-state index in [1.807, 2.05) is 27.1 Å². The number of halogens is 1. The van der Waals surface area contributed by atoms with Crippen LogP contribution in [0, 0.1) is 5.82 Å². The smallest absolute Gasteiger partial charge is 0.165 e. The average Bonchev–Trinajstić information content (AvgIpc) is 2.28. The monoisotopic (exact) mass is 254 g/mol. The quantitative estimate of drug-likeness (QED) is 0.848. The number of benzene rings is 1. The van der Waals surface area contributed by atoms with E-state index in [2.05, 4.69) is 4.90 Å². The zero-order valence-electron chi connectivity index (χ0n) is 11.6. The Balaban J connectivity index is 2.88. The van der Waals surface area contributed by atoms with Gasteiger partial charge in [-0.15, -0.1) is 0 Å². The van der Waals surface area contributed by atoms with Crippen LogP contribution in [0.4, 0.5) is 4.39 Å². The van der Waals surface area contributed by atoms with Gasteiger partial charge in [0.25, 0.3) is 0 Å². The van der Waals surface area contributed by atoms with E-state index < -0.39 is 0 Å². The maximum absolute atomic E-state index is 13.7. The maximum Gasteiger partial charge on any atom is 0.165 e. The van der Waals surface area contributed by atoms with Gasteiger partial charge in [0.2, 0.25) is 0 Å². The fourth-order valence-corrected chi connectivity index (χ4v) is 2.03. The van der Waals surface area contributed by atoms with E-state index in [4.69, 9.17) is 10.5 Å². The largest absolute Gasteiger partial charge is 0.494 e. The molecular formula is C14H23FN2O. The fraction of sp³-hybridized carbons (Fsp3) is 0.571. The molecule has 2 atom stereocenters. The van der Waals surface area contributed by atoms with Gasteiger partial charge in [0.05, 0.1) is 7.11 Å². The second-order valence-electron chi connectivity index (χ2n) is 4.93. The third-order valence-electron chi connectivity index (χ3n) is 3.08. The van der Waals surface area contributed by atoms with Crippen LogP contribution in [0.25, 0.3) is 0 Å². The Hall–Kier alpha value is -1.13. The van der Waals surface area contributed by atoms with Crippen LogP contribution in [0.5, 0.6) is 5.75 Å². The number of hydrogen-bond donors (Lipinski definition) is 1. The Kier molecular flexibility index (Phi) is 5.56. The Morgan fingerprint density at radius 2 is 2.00 bits per heavy atom. The minimum absolute atomic E-state index is 0.163. The molecule has 0 aromatic heterocycles. The maximum atomic E-state index is 13.7. The Bertz CT molecular complexity index is 380. The molecule has 0 amide bonds. The molecule has 102 valence electrons. The van der Waals surface area contributed by atoms with Crippen molar-refractivity contribution < 1.29 is 9.13 Å². The number of hydrogen-bond acceptors (Lipinski definition) is 3. The third-order valence-corrected chi connectivity index (χ3v) is 3.08. The average molecular weight is 254 g/mol. The highest BCUT2D eigenvalue weighted by Crippen LogP contribution is 2.27. The molecular weight excluding hydrogens is 231 g/mol. The van der Waals surface area contributed by atoms with Gasteiger partial charge in [-0.3, -0.25) is 0 Å². The molecule has 0 radical (unpaired) electrons. The molecule has 0 fully saturated rings. The van der Waals surface area contributed by atoms with Crippen LogP contribution in [0.1, 0.15) is 31.4 Å². The van der Waals surface area contributed by atoms with E-state index in [-0.39, 0.29) is 23.7 Å². The first-order valence-electron chi connectivity index (χ1n) is 6.21. The van der Waals surface area contributed by atoms with E-state index in [0.717, 1.165) is 18.4 Å². The van der Waals surface area contributed by atoms with Crippen molar-refractivity contribution in [2.75, 3.05) is 21.2 Å². The third kappa shape index (κ3) is 3.96. The fourth-order valence-electron chi connectivity index (χ4n) is 2.03. The van der Waals surface area contributed by atoms with Gasteiger partial charge in [-0.05, 0) is 51.6 Å². The van der Waals surface area contributed by atoms with Crippen molar-refractivity contribution in [3.63, 3.8) is 0 Å². The summed E-state index contributed by atoms with van der Waals surface area (Å²) in [5, 5.41) is 0. The van der Waals surface area contributed by atoms with E-state index >= 15 is 0 Å². The number of nitrogens with zero attached hydrogens (tertiary/aromatic N) is 1. The lowest BCUT2D eigenvalue weighted by molar-refractivity contribution is 0.273. The highest BCUT2D eigenvalue weighted by atomic mass is 19.1. The van der Waals surface area contributed by atoms with Crippen molar-refractivity contribution in [1.29, 1.82) is 0 Å². The lowest BCUT2D eigenvalue weighted by Crippen LogP contribution is -2.23. The van der Waals surface area contributed by atoms with Gasteiger partial charge in [-0.1, -0.05) is 6.07 Å². The highest BCUT2D eigenvalue weighted by molar-refractivity contribution is 5.31. The second-order valence-corrected chi connectivity index (χ2v) is 4.93. The summed E-state index contributed by atoms with van der Waals surface area (Å²) in [4.78, 5) is 2.09. The molecule has 1 aromatic carbocycles. The normalized spacial score (nSPS) is 14.6. The van der Waals surface area contributed by atoms with Crippen LogP contribution in [-0.2, 0) is 0 Å². The van der Waals surface area contributed by atoms with Crippen molar-refractivity contribution >= 4 is 0 Å². The number of methoxy groups -OCH3 is 1. The van der Waals surface area contributed by atoms with Crippen LogP contribution in [0.2, 0.25) is 0 Å². The summed E-state index contributed by atoms with van der Waals surface area (Å²) in [7, 11) is 5.46. The number of nitrogens with two attached hydrogens (primary N) is 1. The molecule has 0 aliphatic rings. The molecule has 1 rings (SSSR count). The highest BCUT2D eigenvalue weighted by Gasteiger charge is 2.16. The Morgan fingerprint density at radius 1 is 1.33 bits per heavy atom. The predicted octanol–water partition coefficient (Wildman–Crippen LogP) is 2.56. The molecule has 0 aliphatic heterocycles. The van der Waals surface area contributed by atoms with E-state index in [1.54, 1.807) is 12.1 Å². The summed E-state index contributed by atoms with van der Waals surface area (Å²) in [5.74, 6) is -0.0360. The molecule has 2 N–H and O–H groups in total. The minimum atomic E-state index is -0.317. The topological polar surface area (TPSA) is 38.5 Å². The minimum Gasteiger partial charge on any atom is -0.494 e. The SMILES string of the molecule is COc1ccc(C(CCC(C)N)N(C)C)cc1F. The standard InChI is InChI=1S/C14H23FN2O/c1-10(16)5-7-13(17(2)3)11-6-8-14(18-4)12(15)9-11/h6,8-10,13H,5,7,16H2,1-4H3. The lowest BCUT2D eigenvalue weighted by Gasteiger charge is -2.25. The molecule has 0 saturated carbocycles. The van der Waals surface area contributed by atoms with Crippen LogP contribution in [0.3, 0.4) is 0 Å². The zero-order chi connectivity index (χ0) is 13.7. The summed E-state index contributed by atoms with van der Waals surface area (Å²) in [6.07, 6.45) is 1.83. The van der Waals surface area contributed by atoms with E-state index in [1.165, 1.54) is 7.11 Å². The van der Waals surface area contributed by atoms with Gasteiger partial charge in [0.1, 0.15) is 0 Å². The van der Waals surface area contributed by atoms with Gasteiger partial charge < -0.3 is 15.4 Å². The van der Waals surface area contributed by atoms with E-state index in [0.29, 0.717) is 0 Å². The van der Waals surface area contributed by atoms with Gasteiger partial charge in [0.15, 0.2) is 11.6 Å². The Morgan fingerprint density at radius 3 is 2.44 bits per heavy atom. The second kappa shape index (κ2) is 6.71. The summed E-state index contributed by atoms with van der Waals surface area (Å²) >= 11 is 0. The number of rotatable bonds is 6. The van der Waals surface area contributed by atoms with Crippen LogP contribution in [0.15, 0.2) is 18.2 Å². The van der Waals surface area contributed by atoms with E-state index in [9.17, 15) is 4.39 Å². The van der Waals surface area contributed by atoms with Crippen molar-refractivity contribution in [1.82, 2.24) is 4.90 Å². The molecule has 0 bridgehead atoms. The molecule has 4 heteroatoms. The molecule has 0 aliphatic carbocycles. The summed E-state index contributed by atoms with van der Waals surface area (Å²) in [6, 6.07) is 5.47. The Labute approximate surface area is 109 Å². The van der Waals surface area contributed by atoms with Crippen molar-refractivity contribution in [2.45, 2.75) is 31.8 Å².